The smallest absolute Gasteiger partial charge is 0.329 e. The minimum atomic E-state index is -0.860. The number of carbonyl (C=O) groups is 2. The molecule has 0 aliphatic carbocycles. The minimum absolute atomic E-state index is 0.315. The summed E-state index contributed by atoms with van der Waals surface area (Å²) in [6, 6.07) is 4.25. The van der Waals surface area contributed by atoms with E-state index < -0.39 is 12.3 Å². The number of fused-ring (bicyclic) bond motifs is 1. The van der Waals surface area contributed by atoms with E-state index in [1.165, 1.54) is 9.13 Å². The maximum absolute atomic E-state index is 12.4. The van der Waals surface area contributed by atoms with E-state index in [9.17, 15) is 19.5 Å². The Kier molecular flexibility index (Phi) is 3.13. The monoisotopic (exact) mass is 289 g/mol. The number of piperidine rings is 1. The maximum atomic E-state index is 12.4. The van der Waals surface area contributed by atoms with Crippen LogP contribution in [-0.4, -0.2) is 32.7 Å². The highest BCUT2D eigenvalue weighted by atomic mass is 16.3. The molecule has 21 heavy (non-hydrogen) atoms. The summed E-state index contributed by atoms with van der Waals surface area (Å²) in [6.45, 7) is 0. The van der Waals surface area contributed by atoms with Gasteiger partial charge < -0.3 is 10.4 Å². The van der Waals surface area contributed by atoms with Crippen LogP contribution in [0.15, 0.2) is 23.0 Å². The molecule has 0 bridgehead atoms. The van der Waals surface area contributed by atoms with Gasteiger partial charge in [-0.05, 0) is 31.0 Å². The highest BCUT2D eigenvalue weighted by Gasteiger charge is 2.31. The van der Waals surface area contributed by atoms with E-state index in [4.69, 9.17) is 0 Å². The fourth-order valence-electron chi connectivity index (χ4n) is 2.78. The molecule has 0 spiro atoms. The number of nitrogens with zero attached hydrogens (tertiary/aromatic N) is 2. The molecule has 7 nitrogen and oxygen atoms in total. The van der Waals surface area contributed by atoms with E-state index in [2.05, 4.69) is 5.32 Å². The Hall–Kier alpha value is -2.41. The molecule has 2 atom stereocenters. The molecule has 1 aromatic heterocycles. The van der Waals surface area contributed by atoms with Gasteiger partial charge in [0.15, 0.2) is 0 Å². The summed E-state index contributed by atoms with van der Waals surface area (Å²) in [5.41, 5.74) is 1.36. The Bertz CT molecular complexity index is 789. The molecule has 1 aliphatic rings. The Morgan fingerprint density at radius 1 is 1.29 bits per heavy atom. The predicted molar refractivity (Wildman–Crippen MR) is 75.0 cm³/mol. The molecular formula is C14H15N3O4. The van der Waals surface area contributed by atoms with E-state index >= 15 is 0 Å². The summed E-state index contributed by atoms with van der Waals surface area (Å²) < 4.78 is 2.84. The SMILES string of the molecule is Cn1c(=O)n(C2CCC(O)NC2=O)c2ccc(C=O)cc21. The molecule has 7 heteroatoms. The molecule has 0 saturated carbocycles. The van der Waals surface area contributed by atoms with Crippen molar-refractivity contribution >= 4 is 23.2 Å². The van der Waals surface area contributed by atoms with Crippen molar-refractivity contribution in [1.29, 1.82) is 0 Å². The molecule has 2 N–H and O–H groups in total. The van der Waals surface area contributed by atoms with Crippen molar-refractivity contribution in [3.63, 3.8) is 0 Å². The van der Waals surface area contributed by atoms with Crippen molar-refractivity contribution in [3.05, 3.63) is 34.2 Å². The number of nitrogens with one attached hydrogen (secondary N) is 1. The minimum Gasteiger partial charge on any atom is -0.374 e. The van der Waals surface area contributed by atoms with Crippen molar-refractivity contribution in [2.24, 2.45) is 7.05 Å². The normalized spacial score (nSPS) is 22.3. The van der Waals surface area contributed by atoms with Crippen LogP contribution in [0.3, 0.4) is 0 Å². The van der Waals surface area contributed by atoms with Crippen LogP contribution < -0.4 is 11.0 Å². The average Bonchev–Trinajstić information content (AvgIpc) is 2.71. The number of aliphatic hydroxyl groups excluding tert-OH is 1. The molecule has 1 aromatic carbocycles. The number of aryl methyl sites for hydroxylation is 1. The lowest BCUT2D eigenvalue weighted by Crippen LogP contribution is -2.46. The first-order valence-electron chi connectivity index (χ1n) is 6.67. The van der Waals surface area contributed by atoms with Crippen LogP contribution in [0.1, 0.15) is 29.2 Å². The molecule has 1 amide bonds. The van der Waals surface area contributed by atoms with Gasteiger partial charge >= 0.3 is 5.69 Å². The van der Waals surface area contributed by atoms with Crippen molar-refractivity contribution in [1.82, 2.24) is 14.5 Å². The lowest BCUT2D eigenvalue weighted by molar-refractivity contribution is -0.130. The first-order chi connectivity index (χ1) is 10.0. The highest BCUT2D eigenvalue weighted by molar-refractivity contribution is 5.88. The van der Waals surface area contributed by atoms with E-state index in [1.807, 2.05) is 0 Å². The predicted octanol–water partition coefficient (Wildman–Crippen LogP) is -0.0780. The van der Waals surface area contributed by atoms with Gasteiger partial charge in [-0.1, -0.05) is 0 Å². The number of aldehydes is 1. The van der Waals surface area contributed by atoms with Gasteiger partial charge in [0.1, 0.15) is 18.6 Å². The van der Waals surface area contributed by atoms with Crippen LogP contribution in [0.25, 0.3) is 11.0 Å². The van der Waals surface area contributed by atoms with Gasteiger partial charge in [0.05, 0.1) is 11.0 Å². The van der Waals surface area contributed by atoms with Crippen LogP contribution in [0, 0.1) is 0 Å². The van der Waals surface area contributed by atoms with E-state index in [0.29, 0.717) is 35.7 Å². The number of aromatic nitrogens is 2. The molecule has 110 valence electrons. The molecule has 1 saturated heterocycles. The van der Waals surface area contributed by atoms with Gasteiger partial charge in [0.25, 0.3) is 0 Å². The largest absolute Gasteiger partial charge is 0.374 e. The molecule has 0 radical (unpaired) electrons. The Morgan fingerprint density at radius 3 is 2.71 bits per heavy atom. The zero-order valence-electron chi connectivity index (χ0n) is 11.4. The van der Waals surface area contributed by atoms with Gasteiger partial charge in [-0.15, -0.1) is 0 Å². The van der Waals surface area contributed by atoms with Crippen molar-refractivity contribution in [2.75, 3.05) is 0 Å². The molecule has 2 heterocycles. The number of aliphatic hydroxyl groups is 1. The fraction of sp³-hybridized carbons (Fsp3) is 0.357. The molecule has 1 aliphatic heterocycles. The topological polar surface area (TPSA) is 93.3 Å². The second kappa shape index (κ2) is 4.85. The molecule has 1 fully saturated rings. The van der Waals surface area contributed by atoms with Crippen LogP contribution in [0.2, 0.25) is 0 Å². The fourth-order valence-corrected chi connectivity index (χ4v) is 2.78. The van der Waals surface area contributed by atoms with Crippen LogP contribution in [-0.2, 0) is 11.8 Å². The number of hydrogen-bond acceptors (Lipinski definition) is 4. The van der Waals surface area contributed by atoms with Gasteiger partial charge in [0, 0.05) is 12.6 Å². The summed E-state index contributed by atoms with van der Waals surface area (Å²) in [5.74, 6) is -0.372. The number of carbonyl (C=O) groups excluding carboxylic acids is 2. The Morgan fingerprint density at radius 2 is 2.05 bits per heavy atom. The number of rotatable bonds is 2. The first kappa shape index (κ1) is 13.6. The third-order valence-corrected chi connectivity index (χ3v) is 3.89. The number of imidazole rings is 1. The van der Waals surface area contributed by atoms with Gasteiger partial charge in [-0.3, -0.25) is 18.7 Å². The van der Waals surface area contributed by atoms with E-state index in [1.54, 1.807) is 25.2 Å². The summed E-state index contributed by atoms with van der Waals surface area (Å²) in [7, 11) is 1.60. The quantitative estimate of drug-likeness (QED) is 0.756. The van der Waals surface area contributed by atoms with Crippen molar-refractivity contribution in [2.45, 2.75) is 25.1 Å². The molecular weight excluding hydrogens is 274 g/mol. The average molecular weight is 289 g/mol. The third kappa shape index (κ3) is 2.06. The number of hydrogen-bond donors (Lipinski definition) is 2. The molecule has 2 unspecified atom stereocenters. The molecule has 3 rings (SSSR count). The van der Waals surface area contributed by atoms with Crippen molar-refractivity contribution in [3.8, 4) is 0 Å². The van der Waals surface area contributed by atoms with E-state index in [-0.39, 0.29) is 11.6 Å². The highest BCUT2D eigenvalue weighted by Crippen LogP contribution is 2.24. The molecule has 2 aromatic rings. The standard InChI is InChI=1S/C14H15N3O4/c1-16-11-6-8(7-18)2-3-9(11)17(14(16)21)10-4-5-12(19)15-13(10)20/h2-3,6-7,10,12,19H,4-5H2,1H3,(H,15,20). The lowest BCUT2D eigenvalue weighted by atomic mass is 10.0. The van der Waals surface area contributed by atoms with Gasteiger partial charge in [-0.2, -0.15) is 0 Å². The summed E-state index contributed by atoms with van der Waals surface area (Å²) >= 11 is 0. The maximum Gasteiger partial charge on any atom is 0.329 e. The Balaban J connectivity index is 2.19. The lowest BCUT2D eigenvalue weighted by Gasteiger charge is -2.26. The van der Waals surface area contributed by atoms with Crippen LogP contribution in [0.5, 0.6) is 0 Å². The van der Waals surface area contributed by atoms with Crippen molar-refractivity contribution < 1.29 is 14.7 Å². The number of amides is 1. The third-order valence-electron chi connectivity index (χ3n) is 3.89. The zero-order valence-corrected chi connectivity index (χ0v) is 11.4. The van der Waals surface area contributed by atoms with Crippen LogP contribution in [0.4, 0.5) is 0 Å². The van der Waals surface area contributed by atoms with E-state index in [0.717, 1.165) is 0 Å². The second-order valence-electron chi connectivity index (χ2n) is 5.20. The van der Waals surface area contributed by atoms with Crippen LogP contribution >= 0.6 is 0 Å². The summed E-state index contributed by atoms with van der Waals surface area (Å²) in [6.07, 6.45) is 0.638. The second-order valence-corrected chi connectivity index (χ2v) is 5.20. The van der Waals surface area contributed by atoms with Gasteiger partial charge in [-0.25, -0.2) is 4.79 Å². The van der Waals surface area contributed by atoms with Gasteiger partial charge in [0.2, 0.25) is 5.91 Å². The first-order valence-corrected chi connectivity index (χ1v) is 6.67. The summed E-state index contributed by atoms with van der Waals surface area (Å²) in [5, 5.41) is 11.9. The summed E-state index contributed by atoms with van der Waals surface area (Å²) in [4.78, 5) is 35.3. The number of benzene rings is 1. The Labute approximate surface area is 119 Å². The zero-order chi connectivity index (χ0) is 15.1.